The summed E-state index contributed by atoms with van der Waals surface area (Å²) in [5.74, 6) is 0.275. The molecule has 144 valence electrons. The molecule has 7 heteroatoms. The van der Waals surface area contributed by atoms with E-state index < -0.39 is 0 Å². The molecule has 0 aliphatic heterocycles. The number of rotatable bonds is 6. The lowest BCUT2D eigenvalue weighted by Gasteiger charge is -2.08. The largest absolute Gasteiger partial charge is 0.333 e. The normalized spacial score (nSPS) is 10.6. The van der Waals surface area contributed by atoms with Crippen molar-refractivity contribution in [3.63, 3.8) is 0 Å². The first kappa shape index (κ1) is 18.8. The number of thioether (sulfide) groups is 1. The molecule has 1 heterocycles. The maximum absolute atomic E-state index is 12.4. The summed E-state index contributed by atoms with van der Waals surface area (Å²) in [6.07, 6.45) is 0. The molecule has 0 bridgehead atoms. The number of carbonyl (C=O) groups is 2. The Kier molecular flexibility index (Phi) is 5.58. The molecule has 1 aromatic heterocycles. The molecular weight excluding hydrogens is 384 g/mol. The lowest BCUT2D eigenvalue weighted by Crippen LogP contribution is -2.19. The fourth-order valence-corrected chi connectivity index (χ4v) is 3.55. The number of urea groups is 1. The number of aromatic amines is 1. The summed E-state index contributed by atoms with van der Waals surface area (Å²) in [6, 6.07) is 23.4. The lowest BCUT2D eigenvalue weighted by atomic mass is 10.1. The molecule has 0 saturated carbocycles. The molecule has 0 atom stereocenters. The second kappa shape index (κ2) is 8.62. The van der Waals surface area contributed by atoms with Crippen molar-refractivity contribution >= 4 is 46.0 Å². The van der Waals surface area contributed by atoms with Gasteiger partial charge in [0, 0.05) is 16.9 Å². The number of carbonyl (C=O) groups excluding carboxylic acids is 2. The standard InChI is InChI=1S/C22H18N4O2S/c27-20(14-29-22-25-18-8-4-5-9-19(18)26-22)15-10-12-17(13-11-15)24-21(28)23-16-6-2-1-3-7-16/h1-13H,14H2,(H,25,26)(H2,23,24,28). The van der Waals surface area contributed by atoms with Crippen molar-refractivity contribution in [2.75, 3.05) is 16.4 Å². The molecule has 3 N–H and O–H groups in total. The molecule has 0 radical (unpaired) electrons. The molecule has 4 rings (SSSR count). The Hall–Kier alpha value is -3.58. The fourth-order valence-electron chi connectivity index (χ4n) is 2.77. The molecule has 0 unspecified atom stereocenters. The number of hydrogen-bond donors (Lipinski definition) is 3. The highest BCUT2D eigenvalue weighted by Gasteiger charge is 2.10. The molecule has 0 fully saturated rings. The van der Waals surface area contributed by atoms with E-state index in [9.17, 15) is 9.59 Å². The van der Waals surface area contributed by atoms with Crippen molar-refractivity contribution in [3.8, 4) is 0 Å². The van der Waals surface area contributed by atoms with E-state index in [4.69, 9.17) is 0 Å². The quantitative estimate of drug-likeness (QED) is 0.306. The first-order valence-electron chi connectivity index (χ1n) is 9.01. The summed E-state index contributed by atoms with van der Waals surface area (Å²) in [5, 5.41) is 6.21. The number of fused-ring (bicyclic) bond motifs is 1. The van der Waals surface area contributed by atoms with Gasteiger partial charge in [-0.15, -0.1) is 0 Å². The fraction of sp³-hybridized carbons (Fsp3) is 0.0455. The van der Waals surface area contributed by atoms with Crippen molar-refractivity contribution in [1.82, 2.24) is 9.97 Å². The minimum absolute atomic E-state index is 0.00394. The number of nitrogens with one attached hydrogen (secondary N) is 3. The SMILES string of the molecule is O=C(Nc1ccccc1)Nc1ccc(C(=O)CSc2nc3ccccc3[nH]2)cc1. The number of benzene rings is 3. The number of H-pyrrole nitrogens is 1. The zero-order chi connectivity index (χ0) is 20.1. The molecule has 3 aromatic carbocycles. The van der Waals surface area contributed by atoms with E-state index in [1.165, 1.54) is 11.8 Å². The zero-order valence-corrected chi connectivity index (χ0v) is 16.2. The van der Waals surface area contributed by atoms with E-state index in [0.717, 1.165) is 16.2 Å². The van der Waals surface area contributed by atoms with E-state index >= 15 is 0 Å². The van der Waals surface area contributed by atoms with Crippen LogP contribution in [0.3, 0.4) is 0 Å². The van der Waals surface area contributed by atoms with Gasteiger partial charge in [0.25, 0.3) is 0 Å². The highest BCUT2D eigenvalue weighted by atomic mass is 32.2. The molecule has 2 amide bonds. The number of hydrogen-bond acceptors (Lipinski definition) is 4. The van der Waals surface area contributed by atoms with E-state index in [1.54, 1.807) is 36.4 Å². The average Bonchev–Trinajstić information content (AvgIpc) is 3.16. The topological polar surface area (TPSA) is 86.9 Å². The van der Waals surface area contributed by atoms with Crippen LogP contribution in [0, 0.1) is 0 Å². The van der Waals surface area contributed by atoms with Crippen LogP contribution in [0.1, 0.15) is 10.4 Å². The van der Waals surface area contributed by atoms with Crippen molar-refractivity contribution < 1.29 is 9.59 Å². The number of amides is 2. The summed E-state index contributed by atoms with van der Waals surface area (Å²) in [4.78, 5) is 32.1. The maximum Gasteiger partial charge on any atom is 0.323 e. The van der Waals surface area contributed by atoms with Gasteiger partial charge >= 0.3 is 6.03 Å². The molecule has 0 aliphatic rings. The summed E-state index contributed by atoms with van der Waals surface area (Å²) >= 11 is 1.37. The van der Waals surface area contributed by atoms with Gasteiger partial charge in [0.2, 0.25) is 0 Å². The average molecular weight is 402 g/mol. The number of nitrogens with zero attached hydrogens (tertiary/aromatic N) is 1. The predicted molar refractivity (Wildman–Crippen MR) is 117 cm³/mol. The Labute approximate surface area is 171 Å². The third-order valence-electron chi connectivity index (χ3n) is 4.20. The summed E-state index contributed by atoms with van der Waals surface area (Å²) in [6.45, 7) is 0. The van der Waals surface area contributed by atoms with Crippen LogP contribution in [-0.2, 0) is 0 Å². The summed E-state index contributed by atoms with van der Waals surface area (Å²) < 4.78 is 0. The molecule has 4 aromatic rings. The minimum Gasteiger partial charge on any atom is -0.333 e. The van der Waals surface area contributed by atoms with Crippen LogP contribution >= 0.6 is 11.8 Å². The van der Waals surface area contributed by atoms with Gasteiger partial charge in [-0.2, -0.15) is 0 Å². The van der Waals surface area contributed by atoms with Crippen molar-refractivity contribution in [1.29, 1.82) is 0 Å². The Morgan fingerprint density at radius 2 is 1.48 bits per heavy atom. The zero-order valence-electron chi connectivity index (χ0n) is 15.4. The van der Waals surface area contributed by atoms with Crippen LogP contribution < -0.4 is 10.6 Å². The number of ketones is 1. The number of para-hydroxylation sites is 3. The van der Waals surface area contributed by atoms with E-state index in [2.05, 4.69) is 20.6 Å². The smallest absolute Gasteiger partial charge is 0.323 e. The molecule has 0 spiro atoms. The second-order valence-corrected chi connectivity index (χ2v) is 7.26. The van der Waals surface area contributed by atoms with Crippen LogP contribution in [0.25, 0.3) is 11.0 Å². The second-order valence-electron chi connectivity index (χ2n) is 6.29. The van der Waals surface area contributed by atoms with Gasteiger partial charge in [0.05, 0.1) is 16.8 Å². The lowest BCUT2D eigenvalue weighted by molar-refractivity contribution is 0.102. The van der Waals surface area contributed by atoms with Crippen LogP contribution in [0.2, 0.25) is 0 Å². The van der Waals surface area contributed by atoms with Gasteiger partial charge < -0.3 is 15.6 Å². The molecule has 0 saturated heterocycles. The maximum atomic E-state index is 12.4. The number of imidazole rings is 1. The van der Waals surface area contributed by atoms with Crippen LogP contribution in [0.4, 0.5) is 16.2 Å². The molecule has 0 aliphatic carbocycles. The van der Waals surface area contributed by atoms with E-state index in [-0.39, 0.29) is 17.6 Å². The van der Waals surface area contributed by atoms with Crippen LogP contribution in [0.5, 0.6) is 0 Å². The summed E-state index contributed by atoms with van der Waals surface area (Å²) in [5.41, 5.74) is 3.74. The third-order valence-corrected chi connectivity index (χ3v) is 5.08. The minimum atomic E-state index is -0.337. The number of Topliss-reactive ketones (excluding diaryl/α,β-unsaturated/α-hetero) is 1. The summed E-state index contributed by atoms with van der Waals surface area (Å²) in [7, 11) is 0. The van der Waals surface area contributed by atoms with Crippen molar-refractivity contribution in [3.05, 3.63) is 84.4 Å². The van der Waals surface area contributed by atoms with Crippen LogP contribution in [-0.4, -0.2) is 27.5 Å². The first-order chi connectivity index (χ1) is 14.2. The molecular formula is C22H18N4O2S. The van der Waals surface area contributed by atoms with Crippen LogP contribution in [0.15, 0.2) is 84.0 Å². The van der Waals surface area contributed by atoms with E-state index in [1.807, 2.05) is 42.5 Å². The van der Waals surface area contributed by atoms with Gasteiger partial charge in [0.1, 0.15) is 0 Å². The Morgan fingerprint density at radius 3 is 2.21 bits per heavy atom. The first-order valence-corrected chi connectivity index (χ1v) is 10.00. The highest BCUT2D eigenvalue weighted by molar-refractivity contribution is 7.99. The van der Waals surface area contributed by atoms with E-state index in [0.29, 0.717) is 16.9 Å². The Morgan fingerprint density at radius 1 is 0.828 bits per heavy atom. The Bertz CT molecular complexity index is 1110. The Balaban J connectivity index is 1.32. The van der Waals surface area contributed by atoms with Gasteiger partial charge in [-0.25, -0.2) is 9.78 Å². The molecule has 6 nitrogen and oxygen atoms in total. The number of anilines is 2. The van der Waals surface area contributed by atoms with Gasteiger partial charge in [-0.3, -0.25) is 4.79 Å². The highest BCUT2D eigenvalue weighted by Crippen LogP contribution is 2.21. The monoisotopic (exact) mass is 402 g/mol. The number of aromatic nitrogens is 2. The van der Waals surface area contributed by atoms with Crippen molar-refractivity contribution in [2.45, 2.75) is 5.16 Å². The van der Waals surface area contributed by atoms with Gasteiger partial charge in [0.15, 0.2) is 10.9 Å². The third kappa shape index (κ3) is 4.83. The van der Waals surface area contributed by atoms with Crippen molar-refractivity contribution in [2.24, 2.45) is 0 Å². The molecule has 29 heavy (non-hydrogen) atoms. The van der Waals surface area contributed by atoms with Gasteiger partial charge in [-0.1, -0.05) is 42.1 Å². The predicted octanol–water partition coefficient (Wildman–Crippen LogP) is 5.18. The van der Waals surface area contributed by atoms with Gasteiger partial charge in [-0.05, 0) is 48.5 Å².